The predicted octanol–water partition coefficient (Wildman–Crippen LogP) is 1.10. The maximum atomic E-state index is 5.88. The average Bonchev–Trinajstić information content (AvgIpc) is 2.26. The Hall–Kier alpha value is 0.0169. The van der Waals surface area contributed by atoms with E-state index in [1.54, 1.807) is 0 Å². The Balaban J connectivity index is 4.30. The lowest BCUT2D eigenvalue weighted by Crippen LogP contribution is -2.46. The molecule has 0 aromatic carbocycles. The van der Waals surface area contributed by atoms with Gasteiger partial charge in [0.15, 0.2) is 0 Å². The van der Waals surface area contributed by atoms with E-state index in [4.69, 9.17) is 24.7 Å². The molecule has 0 radical (unpaired) electrons. The van der Waals surface area contributed by atoms with Crippen molar-refractivity contribution >= 4 is 8.80 Å². The Morgan fingerprint density at radius 2 is 1.71 bits per heavy atom. The van der Waals surface area contributed by atoms with Crippen LogP contribution in [0.3, 0.4) is 0 Å². The lowest BCUT2D eigenvalue weighted by Gasteiger charge is -2.29. The normalized spacial score (nSPS) is 13.9. The van der Waals surface area contributed by atoms with Crippen molar-refractivity contribution in [3.8, 4) is 0 Å². The van der Waals surface area contributed by atoms with Gasteiger partial charge in [0, 0.05) is 31.9 Å². The van der Waals surface area contributed by atoms with Crippen LogP contribution in [0.15, 0.2) is 0 Å². The van der Waals surface area contributed by atoms with Crippen molar-refractivity contribution in [1.29, 1.82) is 0 Å². The third-order valence-corrected chi connectivity index (χ3v) is 5.38. The Morgan fingerprint density at radius 3 is 2.12 bits per heavy atom. The lowest BCUT2D eigenvalue weighted by molar-refractivity contribution is 0.0648. The minimum absolute atomic E-state index is 0.138. The third-order valence-electron chi connectivity index (χ3n) is 2.31. The van der Waals surface area contributed by atoms with E-state index in [1.807, 2.05) is 20.8 Å². The summed E-state index contributed by atoms with van der Waals surface area (Å²) in [5.41, 5.74) is 11.2. The first-order valence-corrected chi connectivity index (χ1v) is 8.41. The summed E-state index contributed by atoms with van der Waals surface area (Å²) in [5, 5.41) is 0. The van der Waals surface area contributed by atoms with E-state index in [1.165, 1.54) is 0 Å². The lowest BCUT2D eigenvalue weighted by atomic mass is 10.3. The summed E-state index contributed by atoms with van der Waals surface area (Å²) in [6.45, 7) is 8.31. The van der Waals surface area contributed by atoms with E-state index in [0.29, 0.717) is 26.4 Å². The number of hydrogen-bond acceptors (Lipinski definition) is 5. The highest BCUT2D eigenvalue weighted by Gasteiger charge is 2.39. The molecule has 104 valence electrons. The summed E-state index contributed by atoms with van der Waals surface area (Å²) in [6, 6.07) is 0.920. The van der Waals surface area contributed by atoms with Crippen molar-refractivity contribution in [2.45, 2.75) is 45.7 Å². The number of nitrogens with two attached hydrogens (primary N) is 2. The van der Waals surface area contributed by atoms with Crippen LogP contribution in [0.1, 0.15) is 33.6 Å². The minimum Gasteiger partial charge on any atom is -0.374 e. The molecule has 0 amide bonds. The van der Waals surface area contributed by atoms with Crippen LogP contribution in [0.5, 0.6) is 0 Å². The van der Waals surface area contributed by atoms with Crippen molar-refractivity contribution < 1.29 is 13.3 Å². The molecular formula is C11H28N2O3Si. The zero-order valence-corrected chi connectivity index (χ0v) is 12.4. The molecule has 0 rings (SSSR count). The molecule has 17 heavy (non-hydrogen) atoms. The van der Waals surface area contributed by atoms with Crippen LogP contribution >= 0.6 is 0 Å². The van der Waals surface area contributed by atoms with Crippen LogP contribution in [-0.2, 0) is 13.3 Å². The molecule has 1 atom stereocenters. The van der Waals surface area contributed by atoms with Gasteiger partial charge in [-0.1, -0.05) is 0 Å². The highest BCUT2D eigenvalue weighted by Crippen LogP contribution is 2.18. The summed E-state index contributed by atoms with van der Waals surface area (Å²) < 4.78 is 17.4. The molecule has 0 saturated heterocycles. The fourth-order valence-corrected chi connectivity index (χ4v) is 4.13. The van der Waals surface area contributed by atoms with Gasteiger partial charge in [-0.15, -0.1) is 0 Å². The first kappa shape index (κ1) is 17.0. The van der Waals surface area contributed by atoms with Gasteiger partial charge >= 0.3 is 8.80 Å². The van der Waals surface area contributed by atoms with Gasteiger partial charge in [-0.25, -0.2) is 0 Å². The van der Waals surface area contributed by atoms with Gasteiger partial charge in [-0.2, -0.15) is 0 Å². The Kier molecular flexibility index (Phi) is 10.00. The molecule has 0 spiro atoms. The Bertz CT molecular complexity index is 176. The number of hydrogen-bond donors (Lipinski definition) is 2. The van der Waals surface area contributed by atoms with Crippen LogP contribution in [0.25, 0.3) is 0 Å². The minimum atomic E-state index is -2.52. The molecule has 0 bridgehead atoms. The van der Waals surface area contributed by atoms with Crippen LogP contribution in [0.4, 0.5) is 0 Å². The second-order valence-corrected chi connectivity index (χ2v) is 6.79. The van der Waals surface area contributed by atoms with Gasteiger partial charge in [0.2, 0.25) is 0 Å². The maximum absolute atomic E-state index is 5.88. The summed E-state index contributed by atoms with van der Waals surface area (Å²) >= 11 is 0. The van der Waals surface area contributed by atoms with Crippen LogP contribution in [0, 0.1) is 0 Å². The Labute approximate surface area is 106 Å². The summed E-state index contributed by atoms with van der Waals surface area (Å²) in [4.78, 5) is 0. The molecular weight excluding hydrogens is 236 g/mol. The van der Waals surface area contributed by atoms with E-state index in [9.17, 15) is 0 Å². The zero-order valence-electron chi connectivity index (χ0n) is 11.4. The summed E-state index contributed by atoms with van der Waals surface area (Å²) in [7, 11) is -2.52. The molecule has 0 heterocycles. The van der Waals surface area contributed by atoms with Gasteiger partial charge in [0.05, 0.1) is 0 Å². The standard InChI is InChI=1S/C11H28N2O3Si/c1-4-14-17(15-5-2,10-6-8-12)16-9-7-11(3)13/h11H,4-10,12-13H2,1-3H3. The van der Waals surface area contributed by atoms with E-state index in [2.05, 4.69) is 0 Å². The second kappa shape index (κ2) is 9.99. The van der Waals surface area contributed by atoms with Crippen molar-refractivity contribution in [2.24, 2.45) is 11.5 Å². The van der Waals surface area contributed by atoms with Crippen LogP contribution in [0.2, 0.25) is 6.04 Å². The molecule has 0 aliphatic carbocycles. The first-order valence-electron chi connectivity index (χ1n) is 6.47. The third kappa shape index (κ3) is 7.85. The van der Waals surface area contributed by atoms with Crippen LogP contribution < -0.4 is 11.5 Å². The molecule has 1 unspecified atom stereocenters. The SMILES string of the molecule is CCO[Si](CCCN)(OCC)OCCC(C)N. The zero-order chi connectivity index (χ0) is 13.1. The van der Waals surface area contributed by atoms with E-state index in [0.717, 1.165) is 18.9 Å². The highest BCUT2D eigenvalue weighted by molar-refractivity contribution is 6.60. The quantitative estimate of drug-likeness (QED) is 0.546. The average molecular weight is 264 g/mol. The molecule has 6 heteroatoms. The molecule has 4 N–H and O–H groups in total. The van der Waals surface area contributed by atoms with Crippen LogP contribution in [-0.4, -0.2) is 41.2 Å². The van der Waals surface area contributed by atoms with Crippen molar-refractivity contribution in [3.05, 3.63) is 0 Å². The second-order valence-electron chi connectivity index (χ2n) is 4.06. The number of rotatable bonds is 11. The van der Waals surface area contributed by atoms with Gasteiger partial charge in [0.25, 0.3) is 0 Å². The van der Waals surface area contributed by atoms with Crippen molar-refractivity contribution in [1.82, 2.24) is 0 Å². The van der Waals surface area contributed by atoms with Gasteiger partial charge < -0.3 is 24.7 Å². The molecule has 0 aliphatic rings. The molecule has 5 nitrogen and oxygen atoms in total. The molecule has 0 aliphatic heterocycles. The fraction of sp³-hybridized carbons (Fsp3) is 1.00. The monoisotopic (exact) mass is 264 g/mol. The fourth-order valence-electron chi connectivity index (χ4n) is 1.50. The van der Waals surface area contributed by atoms with Gasteiger partial charge in [0.1, 0.15) is 0 Å². The van der Waals surface area contributed by atoms with Crippen molar-refractivity contribution in [2.75, 3.05) is 26.4 Å². The molecule has 0 aromatic heterocycles. The topological polar surface area (TPSA) is 79.7 Å². The van der Waals surface area contributed by atoms with Gasteiger partial charge in [-0.3, -0.25) is 0 Å². The molecule has 0 aromatic rings. The van der Waals surface area contributed by atoms with E-state index < -0.39 is 8.80 Å². The smallest absolute Gasteiger partial charge is 0.374 e. The van der Waals surface area contributed by atoms with Gasteiger partial charge in [-0.05, 0) is 40.2 Å². The summed E-state index contributed by atoms with van der Waals surface area (Å²) in [5.74, 6) is 0. The van der Waals surface area contributed by atoms with Crippen molar-refractivity contribution in [3.63, 3.8) is 0 Å². The van der Waals surface area contributed by atoms with E-state index in [-0.39, 0.29) is 6.04 Å². The largest absolute Gasteiger partial charge is 0.500 e. The molecule has 0 saturated carbocycles. The first-order chi connectivity index (χ1) is 8.10. The summed E-state index contributed by atoms with van der Waals surface area (Å²) in [6.07, 6.45) is 1.68. The highest BCUT2D eigenvalue weighted by atomic mass is 28.4. The van der Waals surface area contributed by atoms with E-state index >= 15 is 0 Å². The molecule has 0 fully saturated rings. The Morgan fingerprint density at radius 1 is 1.12 bits per heavy atom. The maximum Gasteiger partial charge on any atom is 0.500 e. The predicted molar refractivity (Wildman–Crippen MR) is 71.7 cm³/mol.